The SMILES string of the molecule is Cc1cnc(N2CCN(C(=O)Nc3ccc(C(C)C)cc3)CC2)cn1. The highest BCUT2D eigenvalue weighted by atomic mass is 16.2. The maximum absolute atomic E-state index is 12.4. The average molecular weight is 339 g/mol. The lowest BCUT2D eigenvalue weighted by molar-refractivity contribution is 0.208. The van der Waals surface area contributed by atoms with Crippen LogP contribution in [0.2, 0.25) is 0 Å². The molecule has 132 valence electrons. The van der Waals surface area contributed by atoms with E-state index in [-0.39, 0.29) is 6.03 Å². The zero-order valence-corrected chi connectivity index (χ0v) is 15.1. The summed E-state index contributed by atoms with van der Waals surface area (Å²) >= 11 is 0. The second-order valence-corrected chi connectivity index (χ2v) is 6.70. The first-order valence-corrected chi connectivity index (χ1v) is 8.72. The highest BCUT2D eigenvalue weighted by Crippen LogP contribution is 2.18. The summed E-state index contributed by atoms with van der Waals surface area (Å²) in [7, 11) is 0. The molecule has 0 atom stereocenters. The fraction of sp³-hybridized carbons (Fsp3) is 0.421. The molecular weight excluding hydrogens is 314 g/mol. The number of anilines is 2. The fourth-order valence-corrected chi connectivity index (χ4v) is 2.84. The van der Waals surface area contributed by atoms with E-state index in [4.69, 9.17) is 0 Å². The summed E-state index contributed by atoms with van der Waals surface area (Å²) < 4.78 is 0. The number of piperazine rings is 1. The van der Waals surface area contributed by atoms with E-state index in [9.17, 15) is 4.79 Å². The Morgan fingerprint density at radius 2 is 1.72 bits per heavy atom. The molecule has 2 aromatic rings. The molecule has 0 bridgehead atoms. The first-order valence-electron chi connectivity index (χ1n) is 8.72. The second-order valence-electron chi connectivity index (χ2n) is 6.70. The number of carbonyl (C=O) groups is 1. The van der Waals surface area contributed by atoms with Crippen LogP contribution < -0.4 is 10.2 Å². The van der Waals surface area contributed by atoms with Gasteiger partial charge >= 0.3 is 6.03 Å². The number of hydrogen-bond acceptors (Lipinski definition) is 4. The van der Waals surface area contributed by atoms with Crippen molar-refractivity contribution in [1.82, 2.24) is 14.9 Å². The van der Waals surface area contributed by atoms with Gasteiger partial charge in [-0.25, -0.2) is 9.78 Å². The predicted molar refractivity (Wildman–Crippen MR) is 100 cm³/mol. The molecule has 1 aliphatic heterocycles. The molecule has 6 heteroatoms. The van der Waals surface area contributed by atoms with Crippen molar-refractivity contribution in [3.63, 3.8) is 0 Å². The summed E-state index contributed by atoms with van der Waals surface area (Å²) in [5, 5.41) is 2.98. The van der Waals surface area contributed by atoms with Crippen LogP contribution in [0.25, 0.3) is 0 Å². The van der Waals surface area contributed by atoms with Crippen molar-refractivity contribution in [1.29, 1.82) is 0 Å². The van der Waals surface area contributed by atoms with Gasteiger partial charge in [0, 0.05) is 31.9 Å². The van der Waals surface area contributed by atoms with Gasteiger partial charge in [-0.3, -0.25) is 4.98 Å². The lowest BCUT2D eigenvalue weighted by Crippen LogP contribution is -2.50. The Kier molecular flexibility index (Phi) is 5.16. The number of benzene rings is 1. The van der Waals surface area contributed by atoms with Gasteiger partial charge < -0.3 is 15.1 Å². The first kappa shape index (κ1) is 17.2. The minimum Gasteiger partial charge on any atom is -0.352 e. The van der Waals surface area contributed by atoms with E-state index >= 15 is 0 Å². The molecule has 0 unspecified atom stereocenters. The van der Waals surface area contributed by atoms with Gasteiger partial charge in [-0.05, 0) is 30.5 Å². The van der Waals surface area contributed by atoms with Crippen molar-refractivity contribution in [3.8, 4) is 0 Å². The summed E-state index contributed by atoms with van der Waals surface area (Å²) in [5.74, 6) is 1.36. The Hall–Kier alpha value is -2.63. The van der Waals surface area contributed by atoms with Crippen molar-refractivity contribution in [3.05, 3.63) is 47.9 Å². The van der Waals surface area contributed by atoms with E-state index in [0.29, 0.717) is 19.0 Å². The topological polar surface area (TPSA) is 61.4 Å². The molecule has 1 saturated heterocycles. The predicted octanol–water partition coefficient (Wildman–Crippen LogP) is 3.26. The molecule has 1 aliphatic rings. The standard InChI is InChI=1S/C19H25N5O/c1-14(2)16-4-6-17(7-5-16)22-19(25)24-10-8-23(9-11-24)18-13-20-15(3)12-21-18/h4-7,12-14H,8-11H2,1-3H3,(H,22,25). The molecule has 3 rings (SSSR count). The van der Waals surface area contributed by atoms with Crippen molar-refractivity contribution >= 4 is 17.5 Å². The number of nitrogens with one attached hydrogen (secondary N) is 1. The van der Waals surface area contributed by atoms with Crippen molar-refractivity contribution in [2.45, 2.75) is 26.7 Å². The molecule has 25 heavy (non-hydrogen) atoms. The Morgan fingerprint density at radius 3 is 2.28 bits per heavy atom. The van der Waals surface area contributed by atoms with Crippen LogP contribution in [-0.4, -0.2) is 47.1 Å². The van der Waals surface area contributed by atoms with Crippen molar-refractivity contribution in [2.75, 3.05) is 36.4 Å². The molecule has 2 heterocycles. The Labute approximate surface area is 148 Å². The number of aryl methyl sites for hydroxylation is 1. The maximum Gasteiger partial charge on any atom is 0.321 e. The normalized spacial score (nSPS) is 14.7. The molecule has 1 aromatic heterocycles. The maximum atomic E-state index is 12.4. The van der Waals surface area contributed by atoms with Gasteiger partial charge in [0.1, 0.15) is 5.82 Å². The summed E-state index contributed by atoms with van der Waals surface area (Å²) in [4.78, 5) is 25.1. The monoisotopic (exact) mass is 339 g/mol. The van der Waals surface area contributed by atoms with Crippen LogP contribution in [0.15, 0.2) is 36.7 Å². The highest BCUT2D eigenvalue weighted by molar-refractivity contribution is 5.89. The molecule has 1 fully saturated rings. The third-order valence-electron chi connectivity index (χ3n) is 4.49. The van der Waals surface area contributed by atoms with Crippen LogP contribution in [-0.2, 0) is 0 Å². The lowest BCUT2D eigenvalue weighted by atomic mass is 10.0. The van der Waals surface area contributed by atoms with Gasteiger partial charge in [-0.15, -0.1) is 0 Å². The molecular formula is C19H25N5O. The Balaban J connectivity index is 1.53. The quantitative estimate of drug-likeness (QED) is 0.932. The van der Waals surface area contributed by atoms with E-state index in [2.05, 4.69) is 46.2 Å². The largest absolute Gasteiger partial charge is 0.352 e. The third kappa shape index (κ3) is 4.26. The van der Waals surface area contributed by atoms with Gasteiger partial charge in [0.25, 0.3) is 0 Å². The smallest absolute Gasteiger partial charge is 0.321 e. The number of hydrogen-bond donors (Lipinski definition) is 1. The molecule has 6 nitrogen and oxygen atoms in total. The van der Waals surface area contributed by atoms with Gasteiger partial charge in [0.05, 0.1) is 18.1 Å². The minimum atomic E-state index is -0.0491. The molecule has 1 aromatic carbocycles. The number of amides is 2. The molecule has 0 radical (unpaired) electrons. The van der Waals surface area contributed by atoms with Gasteiger partial charge in [0.15, 0.2) is 0 Å². The van der Waals surface area contributed by atoms with E-state index in [0.717, 1.165) is 30.3 Å². The first-order chi connectivity index (χ1) is 12.0. The van der Waals surface area contributed by atoms with Gasteiger partial charge in [-0.2, -0.15) is 0 Å². The average Bonchev–Trinajstić information content (AvgIpc) is 2.63. The van der Waals surface area contributed by atoms with Gasteiger partial charge in [0.2, 0.25) is 0 Å². The summed E-state index contributed by atoms with van der Waals surface area (Å²) in [6, 6.07) is 8.01. The zero-order chi connectivity index (χ0) is 17.8. The zero-order valence-electron chi connectivity index (χ0n) is 15.1. The van der Waals surface area contributed by atoms with Crippen LogP contribution in [0.4, 0.5) is 16.3 Å². The van der Waals surface area contributed by atoms with Gasteiger partial charge in [-0.1, -0.05) is 26.0 Å². The van der Waals surface area contributed by atoms with Crippen LogP contribution in [0.3, 0.4) is 0 Å². The number of rotatable bonds is 3. The van der Waals surface area contributed by atoms with E-state index < -0.39 is 0 Å². The molecule has 0 saturated carbocycles. The minimum absolute atomic E-state index is 0.0491. The fourth-order valence-electron chi connectivity index (χ4n) is 2.84. The molecule has 0 aliphatic carbocycles. The Bertz CT molecular complexity index is 704. The van der Waals surface area contributed by atoms with Crippen LogP contribution in [0, 0.1) is 6.92 Å². The van der Waals surface area contributed by atoms with E-state index in [1.165, 1.54) is 5.56 Å². The number of urea groups is 1. The summed E-state index contributed by atoms with van der Waals surface area (Å²) in [5.41, 5.74) is 3.01. The highest BCUT2D eigenvalue weighted by Gasteiger charge is 2.22. The van der Waals surface area contributed by atoms with Crippen molar-refractivity contribution in [2.24, 2.45) is 0 Å². The van der Waals surface area contributed by atoms with Crippen LogP contribution >= 0.6 is 0 Å². The summed E-state index contributed by atoms with van der Waals surface area (Å²) in [6.07, 6.45) is 3.57. The molecule has 2 amide bonds. The van der Waals surface area contributed by atoms with E-state index in [1.54, 1.807) is 12.4 Å². The van der Waals surface area contributed by atoms with Crippen molar-refractivity contribution < 1.29 is 4.79 Å². The van der Waals surface area contributed by atoms with Crippen LogP contribution in [0.1, 0.15) is 31.0 Å². The second kappa shape index (κ2) is 7.51. The number of nitrogens with zero attached hydrogens (tertiary/aromatic N) is 4. The number of aromatic nitrogens is 2. The lowest BCUT2D eigenvalue weighted by Gasteiger charge is -2.35. The van der Waals surface area contributed by atoms with Crippen LogP contribution in [0.5, 0.6) is 0 Å². The summed E-state index contributed by atoms with van der Waals surface area (Å²) in [6.45, 7) is 9.11. The molecule has 1 N–H and O–H groups in total. The third-order valence-corrected chi connectivity index (χ3v) is 4.49. The number of carbonyl (C=O) groups excluding carboxylic acids is 1. The molecule has 0 spiro atoms. The Morgan fingerprint density at radius 1 is 1.04 bits per heavy atom. The van der Waals surface area contributed by atoms with E-state index in [1.807, 2.05) is 24.0 Å².